The summed E-state index contributed by atoms with van der Waals surface area (Å²) in [6.07, 6.45) is 3.57. The highest BCUT2D eigenvalue weighted by Crippen LogP contribution is 2.25. The molecule has 3 nitrogen and oxygen atoms in total. The summed E-state index contributed by atoms with van der Waals surface area (Å²) in [5.74, 6) is 0.411. The average molecular weight is 198 g/mol. The van der Waals surface area contributed by atoms with Gasteiger partial charge in [0, 0.05) is 19.0 Å². The lowest BCUT2D eigenvalue weighted by Gasteiger charge is -2.39. The fourth-order valence-electron chi connectivity index (χ4n) is 2.58. The summed E-state index contributed by atoms with van der Waals surface area (Å²) in [7, 11) is 0. The normalized spacial score (nSPS) is 40.3. The number of hydrogen-bond donors (Lipinski definition) is 2. The van der Waals surface area contributed by atoms with E-state index in [1.54, 1.807) is 0 Å². The van der Waals surface area contributed by atoms with Crippen molar-refractivity contribution >= 4 is 0 Å². The van der Waals surface area contributed by atoms with Crippen molar-refractivity contribution in [2.45, 2.75) is 31.8 Å². The van der Waals surface area contributed by atoms with Crippen LogP contribution in [-0.2, 0) is 0 Å². The van der Waals surface area contributed by atoms with Crippen LogP contribution in [0.15, 0.2) is 0 Å². The third-order valence-corrected chi connectivity index (χ3v) is 3.76. The predicted octanol–water partition coefficient (Wildman–Crippen LogP) is 0.443. The Kier molecular flexibility index (Phi) is 3.10. The summed E-state index contributed by atoms with van der Waals surface area (Å²) in [6, 6.07) is 0. The molecule has 14 heavy (non-hydrogen) atoms. The molecule has 2 atom stereocenters. The number of piperidine rings is 1. The van der Waals surface area contributed by atoms with Crippen molar-refractivity contribution < 1.29 is 5.11 Å². The van der Waals surface area contributed by atoms with Gasteiger partial charge in [0.25, 0.3) is 0 Å². The molecule has 0 aromatic rings. The van der Waals surface area contributed by atoms with Gasteiger partial charge in [0.05, 0.1) is 5.60 Å². The van der Waals surface area contributed by atoms with E-state index in [1.165, 1.54) is 25.9 Å². The van der Waals surface area contributed by atoms with Crippen LogP contribution in [0.3, 0.4) is 0 Å². The Morgan fingerprint density at radius 3 is 2.79 bits per heavy atom. The Labute approximate surface area is 86.5 Å². The van der Waals surface area contributed by atoms with Gasteiger partial charge in [-0.05, 0) is 45.8 Å². The molecule has 2 unspecified atom stereocenters. The van der Waals surface area contributed by atoms with Crippen molar-refractivity contribution in [3.63, 3.8) is 0 Å². The molecule has 0 saturated carbocycles. The monoisotopic (exact) mass is 198 g/mol. The molecule has 2 aliphatic heterocycles. The Balaban J connectivity index is 1.88. The maximum Gasteiger partial charge on any atom is 0.0684 e. The largest absolute Gasteiger partial charge is 0.390 e. The van der Waals surface area contributed by atoms with Crippen molar-refractivity contribution in [1.29, 1.82) is 0 Å². The zero-order valence-corrected chi connectivity index (χ0v) is 9.13. The second-order valence-electron chi connectivity index (χ2n) is 5.02. The Bertz CT molecular complexity index is 188. The first-order valence-electron chi connectivity index (χ1n) is 5.84. The van der Waals surface area contributed by atoms with E-state index in [2.05, 4.69) is 10.2 Å². The smallest absolute Gasteiger partial charge is 0.0684 e. The van der Waals surface area contributed by atoms with Gasteiger partial charge in [0.1, 0.15) is 0 Å². The van der Waals surface area contributed by atoms with Gasteiger partial charge in [0.2, 0.25) is 0 Å². The number of rotatable bonds is 2. The van der Waals surface area contributed by atoms with Crippen LogP contribution in [0.1, 0.15) is 26.2 Å². The second kappa shape index (κ2) is 4.17. The predicted molar refractivity (Wildman–Crippen MR) is 57.3 cm³/mol. The highest BCUT2D eigenvalue weighted by molar-refractivity contribution is 4.90. The highest BCUT2D eigenvalue weighted by Gasteiger charge is 2.35. The van der Waals surface area contributed by atoms with Crippen LogP contribution in [0.4, 0.5) is 0 Å². The molecule has 0 spiro atoms. The maximum absolute atomic E-state index is 10.2. The number of likely N-dealkylation sites (tertiary alicyclic amines) is 1. The molecule has 3 heteroatoms. The third-order valence-electron chi connectivity index (χ3n) is 3.76. The molecule has 2 heterocycles. The minimum absolute atomic E-state index is 0.411. The third kappa shape index (κ3) is 2.27. The first kappa shape index (κ1) is 10.4. The van der Waals surface area contributed by atoms with Gasteiger partial charge in [-0.3, -0.25) is 0 Å². The molecule has 2 rings (SSSR count). The second-order valence-corrected chi connectivity index (χ2v) is 5.02. The standard InChI is InChI=1S/C11H22N2O/c1-11(14)4-5-12-8-10(11)9-13-6-2-3-7-13/h10,12,14H,2-9H2,1H3. The summed E-state index contributed by atoms with van der Waals surface area (Å²) in [4.78, 5) is 2.49. The van der Waals surface area contributed by atoms with E-state index in [0.717, 1.165) is 26.1 Å². The molecule has 0 radical (unpaired) electrons. The Morgan fingerprint density at radius 1 is 1.43 bits per heavy atom. The Morgan fingerprint density at radius 2 is 2.14 bits per heavy atom. The molecule has 0 amide bonds. The summed E-state index contributed by atoms with van der Waals surface area (Å²) in [6.45, 7) is 7.46. The molecule has 2 aliphatic rings. The van der Waals surface area contributed by atoms with Gasteiger partial charge in [-0.25, -0.2) is 0 Å². The van der Waals surface area contributed by atoms with E-state index in [0.29, 0.717) is 5.92 Å². The van der Waals surface area contributed by atoms with Crippen molar-refractivity contribution in [3.05, 3.63) is 0 Å². The summed E-state index contributed by atoms with van der Waals surface area (Å²) in [5, 5.41) is 13.6. The fraction of sp³-hybridized carbons (Fsp3) is 1.00. The van der Waals surface area contributed by atoms with Crippen molar-refractivity contribution in [1.82, 2.24) is 10.2 Å². The molecular weight excluding hydrogens is 176 g/mol. The topological polar surface area (TPSA) is 35.5 Å². The van der Waals surface area contributed by atoms with Crippen molar-refractivity contribution in [3.8, 4) is 0 Å². The van der Waals surface area contributed by atoms with Gasteiger partial charge in [-0.1, -0.05) is 0 Å². The van der Waals surface area contributed by atoms with E-state index >= 15 is 0 Å². The molecule has 2 saturated heterocycles. The summed E-state index contributed by atoms with van der Waals surface area (Å²) < 4.78 is 0. The van der Waals surface area contributed by atoms with Crippen molar-refractivity contribution in [2.24, 2.45) is 5.92 Å². The first-order chi connectivity index (χ1) is 6.68. The SMILES string of the molecule is CC1(O)CCNCC1CN1CCCC1. The van der Waals surface area contributed by atoms with Crippen LogP contribution in [0.5, 0.6) is 0 Å². The quantitative estimate of drug-likeness (QED) is 0.676. The number of aliphatic hydroxyl groups is 1. The summed E-state index contributed by atoms with van der Waals surface area (Å²) >= 11 is 0. The maximum atomic E-state index is 10.2. The van der Waals surface area contributed by atoms with Crippen LogP contribution in [0, 0.1) is 5.92 Å². The molecule has 0 aromatic heterocycles. The number of nitrogens with zero attached hydrogens (tertiary/aromatic N) is 1. The van der Waals surface area contributed by atoms with Crippen LogP contribution in [-0.4, -0.2) is 48.3 Å². The van der Waals surface area contributed by atoms with Crippen molar-refractivity contribution in [2.75, 3.05) is 32.7 Å². The number of nitrogens with one attached hydrogen (secondary N) is 1. The lowest BCUT2D eigenvalue weighted by Crippen LogP contribution is -2.52. The lowest BCUT2D eigenvalue weighted by atomic mass is 9.83. The van der Waals surface area contributed by atoms with E-state index in [-0.39, 0.29) is 0 Å². The van der Waals surface area contributed by atoms with E-state index in [1.807, 2.05) is 6.92 Å². The first-order valence-corrected chi connectivity index (χ1v) is 5.84. The van der Waals surface area contributed by atoms with Gasteiger partial charge >= 0.3 is 0 Å². The van der Waals surface area contributed by atoms with Gasteiger partial charge in [-0.2, -0.15) is 0 Å². The zero-order chi connectivity index (χ0) is 10.0. The molecular formula is C11H22N2O. The average Bonchev–Trinajstić information content (AvgIpc) is 2.61. The fourth-order valence-corrected chi connectivity index (χ4v) is 2.58. The minimum Gasteiger partial charge on any atom is -0.390 e. The molecule has 82 valence electrons. The Hall–Kier alpha value is -0.120. The molecule has 0 aromatic carbocycles. The van der Waals surface area contributed by atoms with E-state index < -0.39 is 5.60 Å². The van der Waals surface area contributed by atoms with E-state index in [9.17, 15) is 5.11 Å². The molecule has 2 N–H and O–H groups in total. The highest BCUT2D eigenvalue weighted by atomic mass is 16.3. The van der Waals surface area contributed by atoms with Crippen LogP contribution in [0.2, 0.25) is 0 Å². The molecule has 0 aliphatic carbocycles. The van der Waals surface area contributed by atoms with E-state index in [4.69, 9.17) is 0 Å². The number of hydrogen-bond acceptors (Lipinski definition) is 3. The van der Waals surface area contributed by atoms with Crippen LogP contribution >= 0.6 is 0 Å². The van der Waals surface area contributed by atoms with Gasteiger partial charge in [0.15, 0.2) is 0 Å². The molecule has 2 fully saturated rings. The van der Waals surface area contributed by atoms with Crippen LogP contribution < -0.4 is 5.32 Å². The minimum atomic E-state index is -0.451. The van der Waals surface area contributed by atoms with Crippen LogP contribution in [0.25, 0.3) is 0 Å². The van der Waals surface area contributed by atoms with Gasteiger partial charge in [-0.15, -0.1) is 0 Å². The zero-order valence-electron chi connectivity index (χ0n) is 9.13. The van der Waals surface area contributed by atoms with Gasteiger partial charge < -0.3 is 15.3 Å². The lowest BCUT2D eigenvalue weighted by molar-refractivity contribution is -0.0342. The molecule has 0 bridgehead atoms. The summed E-state index contributed by atoms with van der Waals surface area (Å²) in [5.41, 5.74) is -0.451.